The molecule has 0 saturated heterocycles. The molecule has 0 aliphatic carbocycles. The van der Waals surface area contributed by atoms with Gasteiger partial charge in [-0.05, 0) is 66.6 Å². The number of fused-ring (bicyclic) bond motifs is 1. The molecule has 1 aromatic heterocycles. The van der Waals surface area contributed by atoms with Gasteiger partial charge in [-0.25, -0.2) is 0 Å². The number of halogens is 2. The Morgan fingerprint density at radius 1 is 1.03 bits per heavy atom. The maximum absolute atomic E-state index is 12.9. The molecule has 0 amide bonds. The lowest BCUT2D eigenvalue weighted by atomic mass is 9.93. The number of ketones is 1. The molecule has 1 N–H and O–H groups in total. The van der Waals surface area contributed by atoms with Crippen LogP contribution in [0.4, 0.5) is 0 Å². The van der Waals surface area contributed by atoms with Crippen molar-refractivity contribution in [2.75, 3.05) is 6.61 Å². The number of carbonyl (C=O) groups excluding carboxylic acids is 1. The molecule has 4 aromatic rings. The zero-order chi connectivity index (χ0) is 25.9. The number of pyridine rings is 1. The largest absolute Gasteiger partial charge is 0.493 e. The summed E-state index contributed by atoms with van der Waals surface area (Å²) in [5.41, 5.74) is 3.55. The summed E-state index contributed by atoms with van der Waals surface area (Å²) in [5.74, 6) is -0.356. The molecule has 6 nitrogen and oxygen atoms in total. The van der Waals surface area contributed by atoms with Crippen molar-refractivity contribution in [2.45, 2.75) is 18.8 Å². The van der Waals surface area contributed by atoms with E-state index in [0.29, 0.717) is 46.4 Å². The van der Waals surface area contributed by atoms with E-state index in [1.165, 1.54) is 0 Å². The number of nitrogens with zero attached hydrogens (tertiary/aromatic N) is 1. The molecule has 0 fully saturated rings. The number of Topliss-reactive ketones (excluding diaryl/α,β-unsaturated/α-hetero) is 1. The van der Waals surface area contributed by atoms with Crippen LogP contribution in [-0.4, -0.2) is 28.4 Å². The summed E-state index contributed by atoms with van der Waals surface area (Å²) >= 11 is 12.5. The average molecular weight is 534 g/mol. The van der Waals surface area contributed by atoms with Gasteiger partial charge in [0.1, 0.15) is 17.2 Å². The van der Waals surface area contributed by atoms with Crippen LogP contribution < -0.4 is 9.47 Å². The van der Waals surface area contributed by atoms with E-state index in [-0.39, 0.29) is 17.2 Å². The van der Waals surface area contributed by atoms with Gasteiger partial charge in [-0.2, -0.15) is 0 Å². The molecule has 0 spiro atoms. The van der Waals surface area contributed by atoms with Crippen LogP contribution in [0.15, 0.2) is 79.0 Å². The predicted molar refractivity (Wildman–Crippen MR) is 141 cm³/mol. The molecule has 1 atom stereocenters. The van der Waals surface area contributed by atoms with Gasteiger partial charge in [0.05, 0.1) is 23.2 Å². The number of hydrogen-bond donors (Lipinski definition) is 1. The topological polar surface area (TPSA) is 85.7 Å². The summed E-state index contributed by atoms with van der Waals surface area (Å²) in [6, 6.07) is 21.1. The number of benzene rings is 3. The first kappa shape index (κ1) is 24.8. The Balaban J connectivity index is 1.28. The van der Waals surface area contributed by atoms with E-state index < -0.39 is 11.9 Å². The third-order valence-corrected chi connectivity index (χ3v) is 6.65. The number of hydrogen-bond acceptors (Lipinski definition) is 5. The van der Waals surface area contributed by atoms with Crippen molar-refractivity contribution in [3.05, 3.63) is 106 Å². The molecule has 1 aliphatic heterocycles. The SMILES string of the molecule is O=C(Cc1ccnc(-c2cccc(Cl)c2)c1)c1ccc(Oc2cc3c(cc2Cl)C(C(=O)O)CCO3)cc1. The molecule has 1 unspecified atom stereocenters. The van der Waals surface area contributed by atoms with Gasteiger partial charge in [0.15, 0.2) is 5.78 Å². The van der Waals surface area contributed by atoms with Crippen molar-refractivity contribution in [2.24, 2.45) is 0 Å². The second-order valence-corrected chi connectivity index (χ2v) is 9.48. The third-order valence-electron chi connectivity index (χ3n) is 6.12. The van der Waals surface area contributed by atoms with Gasteiger partial charge in [0.25, 0.3) is 0 Å². The third kappa shape index (κ3) is 5.61. The van der Waals surface area contributed by atoms with Crippen LogP contribution in [-0.2, 0) is 11.2 Å². The van der Waals surface area contributed by atoms with Crippen LogP contribution in [0.1, 0.15) is 33.8 Å². The van der Waals surface area contributed by atoms with Crippen molar-refractivity contribution in [1.29, 1.82) is 0 Å². The standard InChI is InChI=1S/C29H21Cl2NO5/c30-20-3-1-2-19(14-20)25-12-17(8-10-32-25)13-26(33)18-4-6-21(7-5-18)37-28-16-27-23(15-24(28)31)22(29(34)35)9-11-36-27/h1-8,10,12,14-16,22H,9,11,13H2,(H,34,35). The lowest BCUT2D eigenvalue weighted by molar-refractivity contribution is -0.139. The first-order valence-electron chi connectivity index (χ1n) is 11.6. The van der Waals surface area contributed by atoms with E-state index in [9.17, 15) is 14.7 Å². The Bertz CT molecular complexity index is 1490. The Morgan fingerprint density at radius 2 is 1.84 bits per heavy atom. The van der Waals surface area contributed by atoms with Crippen LogP contribution in [0.25, 0.3) is 11.3 Å². The predicted octanol–water partition coefficient (Wildman–Crippen LogP) is 7.22. The number of ether oxygens (including phenoxy) is 2. The van der Waals surface area contributed by atoms with E-state index >= 15 is 0 Å². The lowest BCUT2D eigenvalue weighted by Gasteiger charge is -2.24. The molecule has 8 heteroatoms. The van der Waals surface area contributed by atoms with E-state index in [4.69, 9.17) is 32.7 Å². The second-order valence-electron chi connectivity index (χ2n) is 8.63. The van der Waals surface area contributed by atoms with E-state index in [1.54, 1.807) is 48.7 Å². The van der Waals surface area contributed by atoms with Crippen LogP contribution >= 0.6 is 23.2 Å². The normalized spacial score (nSPS) is 14.4. The van der Waals surface area contributed by atoms with E-state index in [2.05, 4.69) is 4.98 Å². The van der Waals surface area contributed by atoms with Gasteiger partial charge in [-0.1, -0.05) is 35.3 Å². The molecule has 0 saturated carbocycles. The van der Waals surface area contributed by atoms with Crippen LogP contribution in [0.2, 0.25) is 10.0 Å². The Hall–Kier alpha value is -3.87. The quantitative estimate of drug-likeness (QED) is 0.252. The summed E-state index contributed by atoms with van der Waals surface area (Å²) in [6.07, 6.45) is 2.28. The van der Waals surface area contributed by atoms with Crippen molar-refractivity contribution >= 4 is 35.0 Å². The Labute approximate surface area is 223 Å². The van der Waals surface area contributed by atoms with Crippen molar-refractivity contribution in [1.82, 2.24) is 4.98 Å². The monoisotopic (exact) mass is 533 g/mol. The van der Waals surface area contributed by atoms with Crippen LogP contribution in [0.5, 0.6) is 17.2 Å². The smallest absolute Gasteiger partial charge is 0.311 e. The highest BCUT2D eigenvalue weighted by Gasteiger charge is 2.29. The van der Waals surface area contributed by atoms with E-state index in [1.807, 2.05) is 30.3 Å². The minimum absolute atomic E-state index is 0.0466. The highest BCUT2D eigenvalue weighted by molar-refractivity contribution is 6.32. The van der Waals surface area contributed by atoms with Gasteiger partial charge in [0.2, 0.25) is 0 Å². The molecule has 0 radical (unpaired) electrons. The van der Waals surface area contributed by atoms with Gasteiger partial charge < -0.3 is 14.6 Å². The Morgan fingerprint density at radius 3 is 2.59 bits per heavy atom. The fraction of sp³-hybridized carbons (Fsp3) is 0.138. The molecule has 0 bridgehead atoms. The molecular formula is C29H21Cl2NO5. The zero-order valence-electron chi connectivity index (χ0n) is 19.5. The molecule has 5 rings (SSSR count). The van der Waals surface area contributed by atoms with Crippen LogP contribution in [0, 0.1) is 0 Å². The summed E-state index contributed by atoms with van der Waals surface area (Å²) < 4.78 is 11.5. The first-order valence-corrected chi connectivity index (χ1v) is 12.3. The summed E-state index contributed by atoms with van der Waals surface area (Å²) in [5, 5.41) is 10.4. The fourth-order valence-electron chi connectivity index (χ4n) is 4.24. The highest BCUT2D eigenvalue weighted by atomic mass is 35.5. The molecule has 2 heterocycles. The minimum Gasteiger partial charge on any atom is -0.493 e. The van der Waals surface area contributed by atoms with E-state index in [0.717, 1.165) is 16.8 Å². The fourth-order valence-corrected chi connectivity index (χ4v) is 4.64. The lowest BCUT2D eigenvalue weighted by Crippen LogP contribution is -2.20. The van der Waals surface area contributed by atoms with Gasteiger partial charge in [-0.15, -0.1) is 0 Å². The molecule has 3 aromatic carbocycles. The maximum atomic E-state index is 12.9. The van der Waals surface area contributed by atoms with Crippen molar-refractivity contribution in [3.8, 4) is 28.5 Å². The molecule has 186 valence electrons. The summed E-state index contributed by atoms with van der Waals surface area (Å²) in [6.45, 7) is 0.305. The maximum Gasteiger partial charge on any atom is 0.311 e. The number of rotatable bonds is 7. The number of aromatic nitrogens is 1. The first-order chi connectivity index (χ1) is 17.9. The number of carbonyl (C=O) groups is 2. The average Bonchev–Trinajstić information content (AvgIpc) is 2.89. The summed E-state index contributed by atoms with van der Waals surface area (Å²) in [4.78, 5) is 28.8. The minimum atomic E-state index is -0.915. The van der Waals surface area contributed by atoms with Gasteiger partial charge in [-0.3, -0.25) is 14.6 Å². The van der Waals surface area contributed by atoms with Gasteiger partial charge >= 0.3 is 5.97 Å². The molecular weight excluding hydrogens is 513 g/mol. The van der Waals surface area contributed by atoms with Crippen molar-refractivity contribution < 1.29 is 24.2 Å². The zero-order valence-corrected chi connectivity index (χ0v) is 21.0. The Kier molecular flexibility index (Phi) is 7.12. The number of carboxylic acids is 1. The number of aliphatic carboxylic acids is 1. The second kappa shape index (κ2) is 10.6. The van der Waals surface area contributed by atoms with Crippen LogP contribution in [0.3, 0.4) is 0 Å². The number of carboxylic acid groups (broad SMARTS) is 1. The van der Waals surface area contributed by atoms with Gasteiger partial charge in [0, 0.05) is 40.4 Å². The highest BCUT2D eigenvalue weighted by Crippen LogP contribution is 2.41. The van der Waals surface area contributed by atoms with Crippen molar-refractivity contribution in [3.63, 3.8) is 0 Å². The summed E-state index contributed by atoms with van der Waals surface area (Å²) in [7, 11) is 0. The molecule has 37 heavy (non-hydrogen) atoms. The molecule has 1 aliphatic rings.